The molecule has 1 aromatic carbocycles. The van der Waals surface area contributed by atoms with E-state index in [1.54, 1.807) is 6.92 Å². The first kappa shape index (κ1) is 19.3. The third kappa shape index (κ3) is 4.81. The quantitative estimate of drug-likeness (QED) is 0.726. The summed E-state index contributed by atoms with van der Waals surface area (Å²) in [5, 5.41) is 6.96. The Kier molecular flexibility index (Phi) is 6.37. The van der Waals surface area contributed by atoms with Crippen LogP contribution in [0.15, 0.2) is 30.5 Å². The third-order valence-corrected chi connectivity index (χ3v) is 5.42. The van der Waals surface area contributed by atoms with Gasteiger partial charge in [0.2, 0.25) is 5.91 Å². The lowest BCUT2D eigenvalue weighted by Gasteiger charge is -2.31. The molecule has 6 nitrogen and oxygen atoms in total. The van der Waals surface area contributed by atoms with Crippen molar-refractivity contribution >= 4 is 22.9 Å². The van der Waals surface area contributed by atoms with Crippen molar-refractivity contribution in [3.8, 4) is 0 Å². The van der Waals surface area contributed by atoms with E-state index in [9.17, 15) is 9.59 Å². The van der Waals surface area contributed by atoms with Crippen molar-refractivity contribution in [2.24, 2.45) is 5.92 Å². The molecule has 6 heteroatoms. The molecule has 3 rings (SSSR count). The molecule has 3 atom stereocenters. The van der Waals surface area contributed by atoms with Crippen LogP contribution in [-0.4, -0.2) is 35.7 Å². The number of benzene rings is 1. The number of aromatic amines is 1. The summed E-state index contributed by atoms with van der Waals surface area (Å²) in [6, 6.07) is 7.45. The van der Waals surface area contributed by atoms with Crippen molar-refractivity contribution in [3.05, 3.63) is 36.0 Å². The number of H-pyrrole nitrogens is 1. The van der Waals surface area contributed by atoms with Crippen LogP contribution in [0.1, 0.15) is 45.1 Å². The van der Waals surface area contributed by atoms with Crippen LogP contribution in [0.25, 0.3) is 10.9 Å². The molecule has 2 amide bonds. The molecule has 0 radical (unpaired) electrons. The average Bonchev–Trinajstić information content (AvgIpc) is 3.06. The predicted molar refractivity (Wildman–Crippen MR) is 106 cm³/mol. The lowest BCUT2D eigenvalue weighted by molar-refractivity contribution is -0.124. The Morgan fingerprint density at radius 1 is 1.26 bits per heavy atom. The fourth-order valence-electron chi connectivity index (χ4n) is 3.86. The van der Waals surface area contributed by atoms with Crippen molar-refractivity contribution in [1.82, 2.24) is 15.6 Å². The molecular weight excluding hydrogens is 342 g/mol. The summed E-state index contributed by atoms with van der Waals surface area (Å²) in [7, 11) is 0. The maximum atomic E-state index is 13.0. The molecule has 0 unspecified atom stereocenters. The molecule has 0 saturated heterocycles. The van der Waals surface area contributed by atoms with Gasteiger partial charge in [0.1, 0.15) is 6.04 Å². The van der Waals surface area contributed by atoms with Gasteiger partial charge in [0.25, 0.3) is 0 Å². The zero-order valence-electron chi connectivity index (χ0n) is 16.1. The second-order valence-corrected chi connectivity index (χ2v) is 7.36. The number of carbonyl (C=O) groups is 2. The van der Waals surface area contributed by atoms with E-state index in [0.29, 0.717) is 12.3 Å². The molecule has 1 heterocycles. The van der Waals surface area contributed by atoms with Gasteiger partial charge in [0, 0.05) is 29.6 Å². The summed E-state index contributed by atoms with van der Waals surface area (Å²) in [4.78, 5) is 28.2. The molecule has 2 aromatic rings. The molecule has 0 bridgehead atoms. The molecule has 27 heavy (non-hydrogen) atoms. The van der Waals surface area contributed by atoms with E-state index in [2.05, 4.69) is 22.5 Å². The van der Waals surface area contributed by atoms with Gasteiger partial charge in [-0.25, -0.2) is 4.79 Å². The minimum absolute atomic E-state index is 0.146. The molecule has 1 aliphatic rings. The number of alkyl carbamates (subject to hydrolysis) is 1. The molecule has 0 aliphatic heterocycles. The molecule has 146 valence electrons. The van der Waals surface area contributed by atoms with Gasteiger partial charge < -0.3 is 20.4 Å². The van der Waals surface area contributed by atoms with E-state index in [4.69, 9.17) is 4.74 Å². The smallest absolute Gasteiger partial charge is 0.407 e. The topological polar surface area (TPSA) is 83.2 Å². The van der Waals surface area contributed by atoms with Gasteiger partial charge in [0.15, 0.2) is 0 Å². The number of nitrogens with one attached hydrogen (secondary N) is 3. The summed E-state index contributed by atoms with van der Waals surface area (Å²) in [5.41, 5.74) is 2.02. The highest BCUT2D eigenvalue weighted by atomic mass is 16.5. The van der Waals surface area contributed by atoms with Crippen molar-refractivity contribution in [1.29, 1.82) is 0 Å². The first-order valence-electron chi connectivity index (χ1n) is 9.87. The van der Waals surface area contributed by atoms with Crippen molar-refractivity contribution in [2.75, 3.05) is 6.61 Å². The molecule has 1 aliphatic carbocycles. The fourth-order valence-corrected chi connectivity index (χ4v) is 3.86. The van der Waals surface area contributed by atoms with Crippen LogP contribution in [-0.2, 0) is 16.0 Å². The van der Waals surface area contributed by atoms with Crippen LogP contribution in [0, 0.1) is 5.92 Å². The number of hydrogen-bond donors (Lipinski definition) is 3. The minimum atomic E-state index is -0.669. The number of rotatable bonds is 6. The number of aromatic nitrogens is 1. The first-order valence-corrected chi connectivity index (χ1v) is 9.87. The lowest BCUT2D eigenvalue weighted by atomic mass is 9.85. The van der Waals surface area contributed by atoms with Crippen LogP contribution >= 0.6 is 0 Å². The summed E-state index contributed by atoms with van der Waals surface area (Å²) < 4.78 is 5.00. The summed E-state index contributed by atoms with van der Waals surface area (Å²) in [6.45, 7) is 4.20. The highest BCUT2D eigenvalue weighted by molar-refractivity contribution is 5.88. The zero-order chi connectivity index (χ0) is 19.2. The molecule has 1 aromatic heterocycles. The number of carbonyl (C=O) groups excluding carboxylic acids is 2. The Morgan fingerprint density at radius 2 is 2.04 bits per heavy atom. The van der Waals surface area contributed by atoms with Gasteiger partial charge in [-0.2, -0.15) is 0 Å². The van der Waals surface area contributed by atoms with E-state index in [1.165, 1.54) is 6.42 Å². The number of para-hydroxylation sites is 1. The Balaban J connectivity index is 1.75. The second-order valence-electron chi connectivity index (χ2n) is 7.36. The van der Waals surface area contributed by atoms with Gasteiger partial charge >= 0.3 is 6.09 Å². The number of fused-ring (bicyclic) bond motifs is 1. The summed E-state index contributed by atoms with van der Waals surface area (Å²) >= 11 is 0. The predicted octanol–water partition coefficient (Wildman–Crippen LogP) is 3.52. The molecule has 0 spiro atoms. The van der Waals surface area contributed by atoms with Crippen molar-refractivity contribution < 1.29 is 14.3 Å². The van der Waals surface area contributed by atoms with Crippen LogP contribution in [0.3, 0.4) is 0 Å². The molecular formula is C21H29N3O3. The summed E-state index contributed by atoms with van der Waals surface area (Å²) in [6.07, 6.45) is 6.22. The van der Waals surface area contributed by atoms with Gasteiger partial charge in [-0.05, 0) is 37.3 Å². The Labute approximate surface area is 160 Å². The average molecular weight is 371 g/mol. The number of hydrogen-bond acceptors (Lipinski definition) is 3. The van der Waals surface area contributed by atoms with Crippen molar-refractivity contribution in [2.45, 2.75) is 58.0 Å². The van der Waals surface area contributed by atoms with E-state index in [0.717, 1.165) is 35.7 Å². The molecule has 3 N–H and O–H groups in total. The van der Waals surface area contributed by atoms with E-state index in [-0.39, 0.29) is 18.6 Å². The van der Waals surface area contributed by atoms with Crippen LogP contribution < -0.4 is 10.6 Å². The highest BCUT2D eigenvalue weighted by Crippen LogP contribution is 2.24. The SMILES string of the molecule is CCOC(=O)N[C@H](Cc1c[nH]c2ccccc12)C(=O)N[C@@H]1CCCC[C@H]1C. The minimum Gasteiger partial charge on any atom is -0.450 e. The van der Waals surface area contributed by atoms with Gasteiger partial charge in [-0.3, -0.25) is 4.79 Å². The first-order chi connectivity index (χ1) is 13.1. The van der Waals surface area contributed by atoms with E-state index in [1.807, 2.05) is 30.5 Å². The van der Waals surface area contributed by atoms with Gasteiger partial charge in [0.05, 0.1) is 6.61 Å². The maximum absolute atomic E-state index is 13.0. The lowest BCUT2D eigenvalue weighted by Crippen LogP contribution is -2.52. The normalized spacial score (nSPS) is 20.8. The van der Waals surface area contributed by atoms with E-state index < -0.39 is 12.1 Å². The van der Waals surface area contributed by atoms with Gasteiger partial charge in [-0.15, -0.1) is 0 Å². The van der Waals surface area contributed by atoms with Crippen molar-refractivity contribution in [3.63, 3.8) is 0 Å². The Morgan fingerprint density at radius 3 is 2.81 bits per heavy atom. The third-order valence-electron chi connectivity index (χ3n) is 5.42. The fraction of sp³-hybridized carbons (Fsp3) is 0.524. The Hall–Kier alpha value is -2.50. The highest BCUT2D eigenvalue weighted by Gasteiger charge is 2.28. The Bertz CT molecular complexity index is 786. The number of ether oxygens (including phenoxy) is 1. The monoisotopic (exact) mass is 371 g/mol. The molecule has 1 saturated carbocycles. The molecule has 1 fully saturated rings. The standard InChI is InChI=1S/C21H29N3O3/c1-3-27-21(26)24-19(20(25)23-17-10-6-4-8-14(17)2)12-15-13-22-18-11-7-5-9-16(15)18/h5,7,9,11,13-14,17,19,22H,3-4,6,8,10,12H2,1-2H3,(H,23,25)(H,24,26)/t14-,17-,19-/m1/s1. The largest absolute Gasteiger partial charge is 0.450 e. The number of amides is 2. The van der Waals surface area contributed by atoms with Crippen LogP contribution in [0.4, 0.5) is 4.79 Å². The van der Waals surface area contributed by atoms with Gasteiger partial charge in [-0.1, -0.05) is 38.0 Å². The zero-order valence-corrected chi connectivity index (χ0v) is 16.1. The second kappa shape index (κ2) is 8.93. The summed E-state index contributed by atoms with van der Waals surface area (Å²) in [5.74, 6) is 0.311. The van der Waals surface area contributed by atoms with E-state index >= 15 is 0 Å². The van der Waals surface area contributed by atoms with Crippen LogP contribution in [0.5, 0.6) is 0 Å². The van der Waals surface area contributed by atoms with Crippen LogP contribution in [0.2, 0.25) is 0 Å². The maximum Gasteiger partial charge on any atom is 0.407 e.